The van der Waals surface area contributed by atoms with Gasteiger partial charge < -0.3 is 25.7 Å². The highest BCUT2D eigenvalue weighted by atomic mass is 19.1. The first-order valence-electron chi connectivity index (χ1n) is 14.5. The van der Waals surface area contributed by atoms with E-state index < -0.39 is 35.2 Å². The van der Waals surface area contributed by atoms with E-state index in [-0.39, 0.29) is 30.6 Å². The van der Waals surface area contributed by atoms with Gasteiger partial charge in [0.05, 0.1) is 11.2 Å². The SMILES string of the molecule is CCc1cccc(-c2c(F)cccc2[C@](O)(CCCNC(=O)O)[C@@H]2CCCN(C(=O)c3ccc(CNC)cc3F)C2)c1. The van der Waals surface area contributed by atoms with Crippen LogP contribution in [-0.4, -0.2) is 53.8 Å². The number of halogens is 2. The van der Waals surface area contributed by atoms with Gasteiger partial charge in [-0.2, -0.15) is 0 Å². The van der Waals surface area contributed by atoms with Gasteiger partial charge in [0, 0.05) is 37.7 Å². The summed E-state index contributed by atoms with van der Waals surface area (Å²) in [5.74, 6) is -2.04. The Labute approximate surface area is 245 Å². The molecule has 1 saturated heterocycles. The van der Waals surface area contributed by atoms with E-state index >= 15 is 4.39 Å². The number of benzene rings is 3. The summed E-state index contributed by atoms with van der Waals surface area (Å²) in [5, 5.41) is 26.9. The van der Waals surface area contributed by atoms with Crippen LogP contribution in [0.3, 0.4) is 0 Å². The van der Waals surface area contributed by atoms with E-state index in [0.717, 1.165) is 17.5 Å². The zero-order chi connectivity index (χ0) is 30.3. The maximum absolute atomic E-state index is 15.6. The first kappa shape index (κ1) is 31.1. The van der Waals surface area contributed by atoms with Gasteiger partial charge in [0.1, 0.15) is 11.6 Å². The molecule has 0 bridgehead atoms. The molecule has 1 fully saturated rings. The van der Waals surface area contributed by atoms with Crippen LogP contribution in [0, 0.1) is 17.6 Å². The van der Waals surface area contributed by atoms with Crippen molar-refractivity contribution in [2.45, 2.75) is 51.2 Å². The number of carbonyl (C=O) groups is 2. The van der Waals surface area contributed by atoms with Crippen molar-refractivity contribution in [3.8, 4) is 11.1 Å². The molecule has 1 aliphatic rings. The second-order valence-electron chi connectivity index (χ2n) is 10.9. The van der Waals surface area contributed by atoms with E-state index in [2.05, 4.69) is 10.6 Å². The lowest BCUT2D eigenvalue weighted by molar-refractivity contribution is -0.0565. The van der Waals surface area contributed by atoms with Crippen LogP contribution in [0.1, 0.15) is 59.7 Å². The first-order valence-corrected chi connectivity index (χ1v) is 14.5. The van der Waals surface area contributed by atoms with Crippen molar-refractivity contribution in [2.75, 3.05) is 26.7 Å². The number of carbonyl (C=O) groups excluding carboxylic acids is 1. The Morgan fingerprint density at radius 1 is 1.05 bits per heavy atom. The minimum atomic E-state index is -1.59. The van der Waals surface area contributed by atoms with Crippen LogP contribution in [-0.2, 0) is 18.6 Å². The van der Waals surface area contributed by atoms with E-state index in [1.54, 1.807) is 30.1 Å². The van der Waals surface area contributed by atoms with Crippen molar-refractivity contribution in [1.82, 2.24) is 15.5 Å². The molecule has 2 amide bonds. The van der Waals surface area contributed by atoms with Crippen LogP contribution >= 0.6 is 0 Å². The molecule has 0 spiro atoms. The average molecular weight is 580 g/mol. The second-order valence-corrected chi connectivity index (χ2v) is 10.9. The van der Waals surface area contributed by atoms with E-state index in [9.17, 15) is 19.1 Å². The number of nitrogens with one attached hydrogen (secondary N) is 2. The Balaban J connectivity index is 1.71. The van der Waals surface area contributed by atoms with Gasteiger partial charge in [-0.15, -0.1) is 0 Å². The molecular weight excluding hydrogens is 540 g/mol. The number of aliphatic hydroxyl groups is 1. The topological polar surface area (TPSA) is 102 Å². The van der Waals surface area contributed by atoms with Crippen LogP contribution < -0.4 is 10.6 Å². The highest BCUT2D eigenvalue weighted by molar-refractivity contribution is 5.94. The Morgan fingerprint density at radius 3 is 2.55 bits per heavy atom. The molecule has 9 heteroatoms. The zero-order valence-electron chi connectivity index (χ0n) is 24.1. The van der Waals surface area contributed by atoms with Crippen molar-refractivity contribution < 1.29 is 28.6 Å². The van der Waals surface area contributed by atoms with Crippen molar-refractivity contribution in [1.29, 1.82) is 0 Å². The molecule has 0 aromatic heterocycles. The Hall–Kier alpha value is -3.82. The number of hydrogen-bond acceptors (Lipinski definition) is 4. The highest BCUT2D eigenvalue weighted by Gasteiger charge is 2.43. The minimum absolute atomic E-state index is 0.0347. The molecule has 3 aromatic carbocycles. The molecule has 0 radical (unpaired) electrons. The summed E-state index contributed by atoms with van der Waals surface area (Å²) in [6.45, 7) is 3.13. The molecule has 0 saturated carbocycles. The lowest BCUT2D eigenvalue weighted by Gasteiger charge is -2.43. The molecule has 4 rings (SSSR count). The third-order valence-electron chi connectivity index (χ3n) is 8.14. The van der Waals surface area contributed by atoms with Crippen molar-refractivity contribution >= 4 is 12.0 Å². The van der Waals surface area contributed by atoms with E-state index in [0.29, 0.717) is 43.5 Å². The molecule has 0 aliphatic carbocycles. The second kappa shape index (κ2) is 13.9. The Kier molecular flexibility index (Phi) is 10.3. The van der Waals surface area contributed by atoms with Crippen molar-refractivity contribution in [2.24, 2.45) is 5.92 Å². The minimum Gasteiger partial charge on any atom is -0.465 e. The molecular formula is C33H39F2N3O4. The zero-order valence-corrected chi connectivity index (χ0v) is 24.1. The number of carboxylic acid groups (broad SMARTS) is 1. The van der Waals surface area contributed by atoms with Gasteiger partial charge in [0.15, 0.2) is 0 Å². The van der Waals surface area contributed by atoms with Crippen LogP contribution in [0.25, 0.3) is 11.1 Å². The van der Waals surface area contributed by atoms with Crippen LogP contribution in [0.2, 0.25) is 0 Å². The fourth-order valence-electron chi connectivity index (χ4n) is 6.00. The van der Waals surface area contributed by atoms with Gasteiger partial charge in [0.2, 0.25) is 0 Å². The quantitative estimate of drug-likeness (QED) is 0.218. The molecule has 2 atom stereocenters. The predicted molar refractivity (Wildman–Crippen MR) is 158 cm³/mol. The van der Waals surface area contributed by atoms with Gasteiger partial charge in [-0.3, -0.25) is 4.79 Å². The monoisotopic (exact) mass is 579 g/mol. The number of piperidine rings is 1. The standard InChI is InChI=1S/C33H39F2N3O4/c1-3-22-8-4-9-24(18-22)30-27(11-5-12-28(30)34)33(42,15-7-16-37-32(40)41)25-10-6-17-38(21-25)31(39)26-14-13-23(20-36-2)19-29(26)35/h4-5,8-9,11-14,18-19,25,36-37,42H,3,6-7,10,15-17,20-21H2,1-2H3,(H,40,41)/t25-,33+/m1/s1. The molecule has 1 aliphatic heterocycles. The lowest BCUT2D eigenvalue weighted by Crippen LogP contribution is -2.48. The number of rotatable bonds is 11. The average Bonchev–Trinajstić information content (AvgIpc) is 2.99. The third kappa shape index (κ3) is 6.97. The number of hydrogen-bond donors (Lipinski definition) is 4. The summed E-state index contributed by atoms with van der Waals surface area (Å²) >= 11 is 0. The van der Waals surface area contributed by atoms with Crippen LogP contribution in [0.5, 0.6) is 0 Å². The van der Waals surface area contributed by atoms with Crippen molar-refractivity contribution in [3.63, 3.8) is 0 Å². The van der Waals surface area contributed by atoms with Gasteiger partial charge in [0.25, 0.3) is 5.91 Å². The molecule has 4 N–H and O–H groups in total. The summed E-state index contributed by atoms with van der Waals surface area (Å²) in [6.07, 6.45) is 1.15. The fraction of sp³-hybridized carbons (Fsp3) is 0.394. The summed E-state index contributed by atoms with van der Waals surface area (Å²) in [6, 6.07) is 16.7. The molecule has 7 nitrogen and oxygen atoms in total. The van der Waals surface area contributed by atoms with Crippen LogP contribution in [0.15, 0.2) is 60.7 Å². The van der Waals surface area contributed by atoms with E-state index in [1.165, 1.54) is 18.2 Å². The molecule has 224 valence electrons. The molecule has 3 aromatic rings. The first-order chi connectivity index (χ1) is 20.2. The third-order valence-corrected chi connectivity index (χ3v) is 8.14. The number of amides is 2. The summed E-state index contributed by atoms with van der Waals surface area (Å²) in [5.41, 5.74) is 1.44. The van der Waals surface area contributed by atoms with E-state index in [1.807, 2.05) is 31.2 Å². The number of likely N-dealkylation sites (tertiary alicyclic amines) is 1. The molecule has 0 unspecified atom stereocenters. The smallest absolute Gasteiger partial charge is 0.404 e. The maximum atomic E-state index is 15.6. The number of nitrogens with zero attached hydrogens (tertiary/aromatic N) is 1. The lowest BCUT2D eigenvalue weighted by atomic mass is 9.72. The normalized spacial score (nSPS) is 16.6. The largest absolute Gasteiger partial charge is 0.465 e. The summed E-state index contributed by atoms with van der Waals surface area (Å²) in [7, 11) is 1.76. The van der Waals surface area contributed by atoms with Gasteiger partial charge >= 0.3 is 6.09 Å². The fourth-order valence-corrected chi connectivity index (χ4v) is 6.00. The summed E-state index contributed by atoms with van der Waals surface area (Å²) < 4.78 is 30.6. The molecule has 42 heavy (non-hydrogen) atoms. The molecule has 1 heterocycles. The number of aryl methyl sites for hydroxylation is 1. The summed E-state index contributed by atoms with van der Waals surface area (Å²) in [4.78, 5) is 26.1. The van der Waals surface area contributed by atoms with Crippen molar-refractivity contribution in [3.05, 3.63) is 94.6 Å². The Bertz CT molecular complexity index is 1420. The maximum Gasteiger partial charge on any atom is 0.404 e. The Morgan fingerprint density at radius 2 is 1.83 bits per heavy atom. The van der Waals surface area contributed by atoms with Gasteiger partial charge in [-0.25, -0.2) is 13.6 Å². The van der Waals surface area contributed by atoms with Gasteiger partial charge in [-0.05, 0) is 79.6 Å². The van der Waals surface area contributed by atoms with Gasteiger partial charge in [-0.1, -0.05) is 49.4 Å². The van der Waals surface area contributed by atoms with Crippen LogP contribution in [0.4, 0.5) is 13.6 Å². The van der Waals surface area contributed by atoms with E-state index in [4.69, 9.17) is 5.11 Å². The highest BCUT2D eigenvalue weighted by Crippen LogP contribution is 2.44. The predicted octanol–water partition coefficient (Wildman–Crippen LogP) is 5.70.